The maximum atomic E-state index is 3.50. The van der Waals surface area contributed by atoms with Gasteiger partial charge in [0.1, 0.15) is 0 Å². The summed E-state index contributed by atoms with van der Waals surface area (Å²) in [6, 6.07) is 8.34. The molecule has 0 aliphatic carbocycles. The Labute approximate surface area is 122 Å². The molecule has 3 nitrogen and oxygen atoms in total. The van der Waals surface area contributed by atoms with Crippen molar-refractivity contribution in [1.29, 1.82) is 0 Å². The monoisotopic (exact) mass is 281 g/mol. The van der Waals surface area contributed by atoms with Crippen LogP contribution in [0.15, 0.2) is 29.2 Å². The van der Waals surface area contributed by atoms with Crippen LogP contribution in [-0.4, -0.2) is 25.7 Å². The molecule has 0 heterocycles. The Morgan fingerprint density at radius 2 is 1.74 bits per heavy atom. The van der Waals surface area contributed by atoms with E-state index in [0.717, 1.165) is 13.1 Å². The molecule has 0 saturated carbocycles. The predicted octanol–water partition coefficient (Wildman–Crippen LogP) is 3.49. The molecule has 0 saturated heterocycles. The van der Waals surface area contributed by atoms with Crippen LogP contribution in [-0.2, 0) is 0 Å². The fourth-order valence-electron chi connectivity index (χ4n) is 1.68. The number of hydrogen-bond acceptors (Lipinski definition) is 4. The fraction of sp³-hybridized carbons (Fsp3) is 0.600. The van der Waals surface area contributed by atoms with Gasteiger partial charge in [-0.3, -0.25) is 4.72 Å². The van der Waals surface area contributed by atoms with Gasteiger partial charge < -0.3 is 10.6 Å². The van der Waals surface area contributed by atoms with Gasteiger partial charge in [0.05, 0.1) is 0 Å². The Morgan fingerprint density at radius 3 is 2.42 bits per heavy atom. The molecule has 0 bridgehead atoms. The smallest absolute Gasteiger partial charge is 0.0489 e. The summed E-state index contributed by atoms with van der Waals surface area (Å²) in [6.45, 7) is 8.73. The van der Waals surface area contributed by atoms with E-state index in [2.05, 4.69) is 54.3 Å². The Balaban J connectivity index is 2.11. The summed E-state index contributed by atoms with van der Waals surface area (Å²) in [6.07, 6.45) is 2.40. The Morgan fingerprint density at radius 1 is 1.05 bits per heavy atom. The maximum Gasteiger partial charge on any atom is 0.0489 e. The van der Waals surface area contributed by atoms with Gasteiger partial charge in [0.25, 0.3) is 0 Å². The van der Waals surface area contributed by atoms with Gasteiger partial charge in [-0.25, -0.2) is 0 Å². The molecule has 0 atom stereocenters. The number of para-hydroxylation sites is 1. The second-order valence-electron chi connectivity index (χ2n) is 5.63. The molecule has 0 spiro atoms. The summed E-state index contributed by atoms with van der Waals surface area (Å²) in [5.74, 6) is 0. The van der Waals surface area contributed by atoms with Crippen molar-refractivity contribution >= 4 is 17.6 Å². The number of rotatable bonds is 8. The molecule has 0 aliphatic rings. The van der Waals surface area contributed by atoms with E-state index < -0.39 is 0 Å². The van der Waals surface area contributed by atoms with Crippen molar-refractivity contribution in [2.24, 2.45) is 0 Å². The summed E-state index contributed by atoms with van der Waals surface area (Å²) in [7, 11) is 1.96. The van der Waals surface area contributed by atoms with Gasteiger partial charge in [-0.05, 0) is 64.2 Å². The van der Waals surface area contributed by atoms with E-state index in [-0.39, 0.29) is 5.54 Å². The zero-order chi connectivity index (χ0) is 14.1. The second-order valence-corrected chi connectivity index (χ2v) is 6.56. The lowest BCUT2D eigenvalue weighted by atomic mass is 10.1. The van der Waals surface area contributed by atoms with Gasteiger partial charge in [-0.2, -0.15) is 0 Å². The van der Waals surface area contributed by atoms with Crippen LogP contribution in [0.2, 0.25) is 0 Å². The highest BCUT2D eigenvalue weighted by Gasteiger charge is 2.06. The molecule has 0 fully saturated rings. The molecule has 3 N–H and O–H groups in total. The minimum atomic E-state index is 0.230. The first-order valence-electron chi connectivity index (χ1n) is 6.94. The molecule has 1 rings (SSSR count). The van der Waals surface area contributed by atoms with Crippen LogP contribution < -0.4 is 15.4 Å². The Bertz CT molecular complexity index is 361. The molecule has 0 unspecified atom stereocenters. The van der Waals surface area contributed by atoms with Crippen molar-refractivity contribution in [2.75, 3.05) is 25.5 Å². The standard InChI is InChI=1S/C15H27N3S/c1-15(2,3)17-11-7-8-12-18-19-14-10-6-5-9-13(14)16-4/h5-6,9-10,16-18H,7-8,11-12H2,1-4H3. The summed E-state index contributed by atoms with van der Waals surface area (Å²) in [5.41, 5.74) is 1.41. The van der Waals surface area contributed by atoms with Gasteiger partial charge in [-0.15, -0.1) is 0 Å². The molecule has 1 aromatic carbocycles. The minimum Gasteiger partial charge on any atom is -0.387 e. The van der Waals surface area contributed by atoms with Crippen molar-refractivity contribution in [3.63, 3.8) is 0 Å². The van der Waals surface area contributed by atoms with Crippen molar-refractivity contribution in [3.05, 3.63) is 24.3 Å². The molecular weight excluding hydrogens is 254 g/mol. The van der Waals surface area contributed by atoms with Crippen molar-refractivity contribution in [1.82, 2.24) is 10.0 Å². The molecule has 108 valence electrons. The highest BCUT2D eigenvalue weighted by Crippen LogP contribution is 2.23. The number of benzene rings is 1. The predicted molar refractivity (Wildman–Crippen MR) is 86.8 cm³/mol. The number of nitrogens with one attached hydrogen (secondary N) is 3. The summed E-state index contributed by atoms with van der Waals surface area (Å²) < 4.78 is 3.42. The highest BCUT2D eigenvalue weighted by molar-refractivity contribution is 7.97. The third-order valence-electron chi connectivity index (χ3n) is 2.70. The lowest BCUT2D eigenvalue weighted by Gasteiger charge is -2.20. The van der Waals surface area contributed by atoms with Crippen LogP contribution in [0.5, 0.6) is 0 Å². The average Bonchev–Trinajstić information content (AvgIpc) is 2.37. The van der Waals surface area contributed by atoms with Gasteiger partial charge >= 0.3 is 0 Å². The first kappa shape index (κ1) is 16.3. The van der Waals surface area contributed by atoms with E-state index in [1.807, 2.05) is 13.1 Å². The van der Waals surface area contributed by atoms with Crippen LogP contribution in [0, 0.1) is 0 Å². The highest BCUT2D eigenvalue weighted by atomic mass is 32.2. The van der Waals surface area contributed by atoms with Gasteiger partial charge in [0.2, 0.25) is 0 Å². The molecule has 4 heteroatoms. The SMILES string of the molecule is CNc1ccccc1SNCCCCNC(C)(C)C. The van der Waals surface area contributed by atoms with Crippen LogP contribution >= 0.6 is 11.9 Å². The topological polar surface area (TPSA) is 36.1 Å². The summed E-state index contributed by atoms with van der Waals surface area (Å²) >= 11 is 1.70. The summed E-state index contributed by atoms with van der Waals surface area (Å²) in [4.78, 5) is 1.25. The van der Waals surface area contributed by atoms with E-state index in [4.69, 9.17) is 0 Å². The average molecular weight is 281 g/mol. The third-order valence-corrected chi connectivity index (χ3v) is 3.62. The van der Waals surface area contributed by atoms with Crippen LogP contribution in [0.4, 0.5) is 5.69 Å². The first-order chi connectivity index (χ1) is 9.03. The lowest BCUT2D eigenvalue weighted by Crippen LogP contribution is -2.36. The van der Waals surface area contributed by atoms with Crippen molar-refractivity contribution in [3.8, 4) is 0 Å². The fourth-order valence-corrected chi connectivity index (χ4v) is 2.51. The molecular formula is C15H27N3S. The van der Waals surface area contributed by atoms with E-state index in [9.17, 15) is 0 Å². The number of anilines is 1. The van der Waals surface area contributed by atoms with Crippen molar-refractivity contribution in [2.45, 2.75) is 44.0 Å². The third kappa shape index (κ3) is 7.45. The molecule has 0 aromatic heterocycles. The number of hydrogen-bond donors (Lipinski definition) is 3. The zero-order valence-corrected chi connectivity index (χ0v) is 13.4. The molecule has 0 aliphatic heterocycles. The molecule has 1 aromatic rings. The van der Waals surface area contributed by atoms with Gasteiger partial charge in [0.15, 0.2) is 0 Å². The van der Waals surface area contributed by atoms with Gasteiger partial charge in [-0.1, -0.05) is 12.1 Å². The van der Waals surface area contributed by atoms with Crippen molar-refractivity contribution < 1.29 is 0 Å². The van der Waals surface area contributed by atoms with Gasteiger partial charge in [0, 0.05) is 29.7 Å². The van der Waals surface area contributed by atoms with E-state index in [0.29, 0.717) is 0 Å². The quantitative estimate of drug-likeness (QED) is 0.503. The molecule has 19 heavy (non-hydrogen) atoms. The summed E-state index contributed by atoms with van der Waals surface area (Å²) in [5, 5.41) is 6.71. The van der Waals surface area contributed by atoms with Crippen LogP contribution in [0.1, 0.15) is 33.6 Å². The van der Waals surface area contributed by atoms with E-state index in [1.54, 1.807) is 11.9 Å². The lowest BCUT2D eigenvalue weighted by molar-refractivity contribution is 0.419. The molecule has 0 amide bonds. The van der Waals surface area contributed by atoms with Crippen LogP contribution in [0.3, 0.4) is 0 Å². The van der Waals surface area contributed by atoms with E-state index in [1.165, 1.54) is 23.4 Å². The maximum absolute atomic E-state index is 3.50. The van der Waals surface area contributed by atoms with E-state index >= 15 is 0 Å². The van der Waals surface area contributed by atoms with Crippen LogP contribution in [0.25, 0.3) is 0 Å². The normalized spacial score (nSPS) is 11.6. The largest absolute Gasteiger partial charge is 0.387 e. The Kier molecular flexibility index (Phi) is 7.28. The zero-order valence-electron chi connectivity index (χ0n) is 12.5. The second kappa shape index (κ2) is 8.46. The number of unbranched alkanes of at least 4 members (excludes halogenated alkanes) is 1. The molecule has 0 radical (unpaired) electrons. The first-order valence-corrected chi connectivity index (χ1v) is 7.76. The minimum absolute atomic E-state index is 0.230. The Hall–Kier alpha value is -0.710.